The van der Waals surface area contributed by atoms with Crippen molar-refractivity contribution in [1.29, 1.82) is 0 Å². The van der Waals surface area contributed by atoms with Crippen LogP contribution in [0.5, 0.6) is 5.75 Å². The lowest BCUT2D eigenvalue weighted by molar-refractivity contribution is 0.0600. The van der Waals surface area contributed by atoms with Crippen molar-refractivity contribution >= 4 is 46.4 Å². The summed E-state index contributed by atoms with van der Waals surface area (Å²) < 4.78 is 15.8. The number of carbonyl (C=O) groups excluding carboxylic acids is 2. The highest BCUT2D eigenvalue weighted by molar-refractivity contribution is 7.98. The van der Waals surface area contributed by atoms with Crippen LogP contribution >= 0.6 is 11.8 Å². The van der Waals surface area contributed by atoms with Crippen LogP contribution in [0.15, 0.2) is 77.8 Å². The van der Waals surface area contributed by atoms with Crippen molar-refractivity contribution in [2.45, 2.75) is 11.5 Å². The number of anilines is 2. The zero-order valence-electron chi connectivity index (χ0n) is 19.4. The fraction of sp³-hybridized carbons (Fsp3) is 0.154. The van der Waals surface area contributed by atoms with Crippen LogP contribution in [0.3, 0.4) is 0 Å². The maximum absolute atomic E-state index is 13.3. The number of nitrogens with zero attached hydrogens (tertiary/aromatic N) is 3. The van der Waals surface area contributed by atoms with E-state index in [2.05, 4.69) is 9.97 Å². The second-order valence-corrected chi connectivity index (χ2v) is 8.23. The predicted molar refractivity (Wildman–Crippen MR) is 134 cm³/mol. The Balaban J connectivity index is 1.75. The number of thioether (sulfide) groups is 1. The van der Waals surface area contributed by atoms with E-state index < -0.39 is 12.1 Å². The molecule has 4 rings (SSSR count). The second kappa shape index (κ2) is 10.9. The van der Waals surface area contributed by atoms with Gasteiger partial charge in [-0.05, 0) is 48.2 Å². The Morgan fingerprint density at radius 3 is 2.40 bits per heavy atom. The number of hydrogen-bond donors (Lipinski definition) is 0. The van der Waals surface area contributed by atoms with E-state index in [4.69, 9.17) is 14.2 Å². The molecule has 1 amide bonds. The quantitative estimate of drug-likeness (QED) is 0.244. The molecule has 0 aliphatic rings. The Hall–Kier alpha value is -4.11. The molecule has 1 heterocycles. The first-order chi connectivity index (χ1) is 17.0. The smallest absolute Gasteiger partial charge is 0.421 e. The van der Waals surface area contributed by atoms with Crippen LogP contribution in [-0.2, 0) is 16.1 Å². The van der Waals surface area contributed by atoms with Crippen molar-refractivity contribution in [3.05, 3.63) is 84.1 Å². The van der Waals surface area contributed by atoms with E-state index in [0.717, 1.165) is 10.5 Å². The molecule has 8 nitrogen and oxygen atoms in total. The lowest BCUT2D eigenvalue weighted by atomic mass is 10.2. The summed E-state index contributed by atoms with van der Waals surface area (Å²) in [5, 5.41) is 0.715. The number of aromatic nitrogens is 2. The molecular formula is C26H23N3O5S. The first-order valence-electron chi connectivity index (χ1n) is 10.6. The minimum atomic E-state index is -0.660. The second-order valence-electron chi connectivity index (χ2n) is 7.35. The normalized spacial score (nSPS) is 10.6. The molecule has 3 aromatic carbocycles. The Morgan fingerprint density at radius 1 is 1.00 bits per heavy atom. The lowest BCUT2D eigenvalue weighted by Gasteiger charge is -2.21. The summed E-state index contributed by atoms with van der Waals surface area (Å²) in [6, 6.07) is 19.5. The number of amides is 1. The zero-order valence-corrected chi connectivity index (χ0v) is 20.2. The van der Waals surface area contributed by atoms with E-state index in [0.29, 0.717) is 27.9 Å². The third-order valence-corrected chi connectivity index (χ3v) is 5.92. The van der Waals surface area contributed by atoms with Gasteiger partial charge in [0.05, 0.1) is 36.4 Å². The number of benzene rings is 3. The van der Waals surface area contributed by atoms with Crippen molar-refractivity contribution < 1.29 is 23.8 Å². The number of ether oxygens (including phenoxy) is 3. The number of rotatable bonds is 7. The Kier molecular flexibility index (Phi) is 7.47. The molecule has 178 valence electrons. The fourth-order valence-corrected chi connectivity index (χ4v) is 3.87. The molecule has 0 bridgehead atoms. The third kappa shape index (κ3) is 5.36. The monoisotopic (exact) mass is 489 g/mol. The summed E-state index contributed by atoms with van der Waals surface area (Å²) in [6.07, 6.45) is 2.91. The molecule has 0 saturated heterocycles. The number of fused-ring (bicyclic) bond motifs is 1. The van der Waals surface area contributed by atoms with Gasteiger partial charge in [0, 0.05) is 11.1 Å². The SMILES string of the molecule is COC(=O)c1ccc(N(C(=O)OCc2ccccc2)c2ncc3c(OC)cc(SC)cc3n2)cc1. The Labute approximate surface area is 206 Å². The van der Waals surface area contributed by atoms with Gasteiger partial charge in [-0.25, -0.2) is 24.5 Å². The van der Waals surface area contributed by atoms with Gasteiger partial charge in [-0.2, -0.15) is 0 Å². The standard InChI is InChI=1S/C26H23N3O5S/c1-32-23-14-20(35-3)13-22-21(23)15-27-25(28-22)29(19-11-9-18(10-12-19)24(30)33-2)26(31)34-16-17-7-5-4-6-8-17/h4-15H,16H2,1-3H3. The minimum Gasteiger partial charge on any atom is -0.496 e. The molecular weight excluding hydrogens is 466 g/mol. The summed E-state index contributed by atoms with van der Waals surface area (Å²) in [5.74, 6) is 0.286. The van der Waals surface area contributed by atoms with Crippen molar-refractivity contribution in [3.63, 3.8) is 0 Å². The average Bonchev–Trinajstić information content (AvgIpc) is 2.91. The van der Waals surface area contributed by atoms with Crippen LogP contribution in [0.2, 0.25) is 0 Å². The zero-order chi connectivity index (χ0) is 24.8. The summed E-state index contributed by atoms with van der Waals surface area (Å²) >= 11 is 1.55. The van der Waals surface area contributed by atoms with Gasteiger partial charge in [-0.3, -0.25) is 0 Å². The van der Waals surface area contributed by atoms with E-state index in [1.807, 2.05) is 48.7 Å². The number of hydrogen-bond acceptors (Lipinski definition) is 8. The van der Waals surface area contributed by atoms with Crippen LogP contribution in [0.25, 0.3) is 10.9 Å². The lowest BCUT2D eigenvalue weighted by Crippen LogP contribution is -2.28. The van der Waals surface area contributed by atoms with E-state index in [-0.39, 0.29) is 12.6 Å². The van der Waals surface area contributed by atoms with Gasteiger partial charge in [-0.15, -0.1) is 11.8 Å². The largest absolute Gasteiger partial charge is 0.496 e. The van der Waals surface area contributed by atoms with Gasteiger partial charge in [0.25, 0.3) is 0 Å². The van der Waals surface area contributed by atoms with E-state index in [1.54, 1.807) is 49.3 Å². The molecule has 0 unspecified atom stereocenters. The summed E-state index contributed by atoms with van der Waals surface area (Å²) in [6.45, 7) is 0.0778. The minimum absolute atomic E-state index is 0.0778. The topological polar surface area (TPSA) is 90.9 Å². The fourth-order valence-electron chi connectivity index (χ4n) is 3.41. The molecule has 0 N–H and O–H groups in total. The molecule has 0 aliphatic carbocycles. The van der Waals surface area contributed by atoms with E-state index in [9.17, 15) is 9.59 Å². The molecule has 35 heavy (non-hydrogen) atoms. The van der Waals surface area contributed by atoms with E-state index in [1.165, 1.54) is 12.0 Å². The molecule has 0 radical (unpaired) electrons. The highest BCUT2D eigenvalue weighted by atomic mass is 32.2. The van der Waals surface area contributed by atoms with Crippen LogP contribution in [0.4, 0.5) is 16.4 Å². The predicted octanol–water partition coefficient (Wildman–Crippen LogP) is 5.62. The van der Waals surface area contributed by atoms with E-state index >= 15 is 0 Å². The van der Waals surface area contributed by atoms with Gasteiger partial charge in [-0.1, -0.05) is 30.3 Å². The first kappa shape index (κ1) is 24.0. The molecule has 0 fully saturated rings. The molecule has 0 aliphatic heterocycles. The van der Waals surface area contributed by atoms with Crippen molar-refractivity contribution in [2.24, 2.45) is 0 Å². The molecule has 9 heteroatoms. The molecule has 4 aromatic rings. The van der Waals surface area contributed by atoms with Gasteiger partial charge in [0.15, 0.2) is 0 Å². The van der Waals surface area contributed by atoms with Crippen molar-refractivity contribution in [1.82, 2.24) is 9.97 Å². The number of esters is 1. The van der Waals surface area contributed by atoms with Crippen LogP contribution in [-0.4, -0.2) is 42.5 Å². The van der Waals surface area contributed by atoms with Crippen molar-refractivity contribution in [3.8, 4) is 5.75 Å². The van der Waals surface area contributed by atoms with Gasteiger partial charge >= 0.3 is 12.1 Å². The molecule has 0 saturated carbocycles. The number of methoxy groups -OCH3 is 2. The molecule has 0 spiro atoms. The highest BCUT2D eigenvalue weighted by Crippen LogP contribution is 2.32. The molecule has 0 atom stereocenters. The Morgan fingerprint density at radius 2 is 1.74 bits per heavy atom. The van der Waals surface area contributed by atoms with Crippen LogP contribution in [0.1, 0.15) is 15.9 Å². The summed E-state index contributed by atoms with van der Waals surface area (Å²) in [7, 11) is 2.90. The summed E-state index contributed by atoms with van der Waals surface area (Å²) in [4.78, 5) is 36.4. The third-order valence-electron chi connectivity index (χ3n) is 5.21. The van der Waals surface area contributed by atoms with Gasteiger partial charge in [0.1, 0.15) is 12.4 Å². The maximum Gasteiger partial charge on any atom is 0.421 e. The van der Waals surface area contributed by atoms with Gasteiger partial charge in [0.2, 0.25) is 5.95 Å². The van der Waals surface area contributed by atoms with Crippen LogP contribution in [0, 0.1) is 0 Å². The highest BCUT2D eigenvalue weighted by Gasteiger charge is 2.24. The maximum atomic E-state index is 13.3. The first-order valence-corrected chi connectivity index (χ1v) is 11.8. The number of carbonyl (C=O) groups is 2. The van der Waals surface area contributed by atoms with Crippen LogP contribution < -0.4 is 9.64 Å². The molecule has 1 aromatic heterocycles. The van der Waals surface area contributed by atoms with Gasteiger partial charge < -0.3 is 14.2 Å². The average molecular weight is 490 g/mol. The Bertz CT molecular complexity index is 1350. The summed E-state index contributed by atoms with van der Waals surface area (Å²) in [5.41, 5.74) is 2.24. The van der Waals surface area contributed by atoms with Crippen molar-refractivity contribution in [2.75, 3.05) is 25.4 Å².